The van der Waals surface area contributed by atoms with E-state index in [-0.39, 0.29) is 0 Å². The third kappa shape index (κ3) is 2.23. The second kappa shape index (κ2) is 4.53. The van der Waals surface area contributed by atoms with Crippen LogP contribution in [0.2, 0.25) is 0 Å². The monoisotopic (exact) mass is 262 g/mol. The summed E-state index contributed by atoms with van der Waals surface area (Å²) in [4.78, 5) is 8.57. The second-order valence-electron chi connectivity index (χ2n) is 3.24. The molecule has 0 fully saturated rings. The molecule has 76 valence electrons. The molecule has 0 saturated heterocycles. The summed E-state index contributed by atoms with van der Waals surface area (Å²) in [7, 11) is 0. The highest BCUT2D eigenvalue weighted by molar-refractivity contribution is 9.10. The average molecular weight is 263 g/mol. The van der Waals surface area contributed by atoms with Gasteiger partial charge in [0.05, 0.1) is 5.69 Å². The fraction of sp³-hybridized carbons (Fsp3) is 0.167. The van der Waals surface area contributed by atoms with Gasteiger partial charge in [0, 0.05) is 18.0 Å². The predicted octanol–water partition coefficient (Wildman–Crippen LogP) is 3.47. The van der Waals surface area contributed by atoms with Crippen LogP contribution in [0.5, 0.6) is 0 Å². The van der Waals surface area contributed by atoms with Gasteiger partial charge in [-0.15, -0.1) is 0 Å². The molecule has 0 unspecified atom stereocenters. The molecule has 15 heavy (non-hydrogen) atoms. The van der Waals surface area contributed by atoms with Crippen molar-refractivity contribution in [2.75, 3.05) is 0 Å². The summed E-state index contributed by atoms with van der Waals surface area (Å²) < 4.78 is 0.923. The Bertz CT molecular complexity index is 454. The van der Waals surface area contributed by atoms with Gasteiger partial charge >= 0.3 is 0 Å². The SMILES string of the molecule is CCc1ccc(-c2cccnc2)nc1Br. The zero-order valence-electron chi connectivity index (χ0n) is 8.44. The van der Waals surface area contributed by atoms with E-state index in [4.69, 9.17) is 0 Å². The lowest BCUT2D eigenvalue weighted by Crippen LogP contribution is -1.90. The van der Waals surface area contributed by atoms with Crippen LogP contribution in [0, 0.1) is 0 Å². The van der Waals surface area contributed by atoms with Crippen LogP contribution in [0.25, 0.3) is 11.3 Å². The zero-order valence-corrected chi connectivity index (χ0v) is 10.0. The van der Waals surface area contributed by atoms with Crippen LogP contribution in [0.15, 0.2) is 41.3 Å². The minimum Gasteiger partial charge on any atom is -0.264 e. The number of nitrogens with zero attached hydrogens (tertiary/aromatic N) is 2. The number of aromatic nitrogens is 2. The van der Waals surface area contributed by atoms with Crippen LogP contribution in [-0.2, 0) is 6.42 Å². The molecular weight excluding hydrogens is 252 g/mol. The Balaban J connectivity index is 2.43. The minimum atomic E-state index is 0.923. The number of rotatable bonds is 2. The predicted molar refractivity (Wildman–Crippen MR) is 64.5 cm³/mol. The van der Waals surface area contributed by atoms with Crippen molar-refractivity contribution >= 4 is 15.9 Å². The highest BCUT2D eigenvalue weighted by Crippen LogP contribution is 2.21. The molecule has 0 aromatic carbocycles. The van der Waals surface area contributed by atoms with Crippen molar-refractivity contribution < 1.29 is 0 Å². The van der Waals surface area contributed by atoms with Crippen molar-refractivity contribution in [2.45, 2.75) is 13.3 Å². The zero-order chi connectivity index (χ0) is 10.7. The smallest absolute Gasteiger partial charge is 0.109 e. The van der Waals surface area contributed by atoms with Gasteiger partial charge in [0.2, 0.25) is 0 Å². The Hall–Kier alpha value is -1.22. The van der Waals surface area contributed by atoms with Gasteiger partial charge in [0.1, 0.15) is 4.60 Å². The molecule has 0 spiro atoms. The molecule has 0 aliphatic carbocycles. The Morgan fingerprint density at radius 1 is 1.27 bits per heavy atom. The largest absolute Gasteiger partial charge is 0.264 e. The van der Waals surface area contributed by atoms with Gasteiger partial charge in [0.15, 0.2) is 0 Å². The van der Waals surface area contributed by atoms with Crippen molar-refractivity contribution in [3.8, 4) is 11.3 Å². The molecule has 2 aromatic heterocycles. The molecule has 0 atom stereocenters. The topological polar surface area (TPSA) is 25.8 Å². The minimum absolute atomic E-state index is 0.923. The van der Waals surface area contributed by atoms with E-state index in [1.165, 1.54) is 5.56 Å². The van der Waals surface area contributed by atoms with Crippen LogP contribution >= 0.6 is 15.9 Å². The number of pyridine rings is 2. The van der Waals surface area contributed by atoms with E-state index in [2.05, 4.69) is 38.9 Å². The molecule has 0 aliphatic heterocycles. The highest BCUT2D eigenvalue weighted by Gasteiger charge is 2.03. The summed E-state index contributed by atoms with van der Waals surface area (Å²) in [5, 5.41) is 0. The summed E-state index contributed by atoms with van der Waals surface area (Å²) in [5.41, 5.74) is 3.22. The maximum absolute atomic E-state index is 4.49. The Labute approximate surface area is 97.5 Å². The molecule has 3 heteroatoms. The summed E-state index contributed by atoms with van der Waals surface area (Å²) >= 11 is 3.47. The van der Waals surface area contributed by atoms with E-state index in [9.17, 15) is 0 Å². The quantitative estimate of drug-likeness (QED) is 0.775. The van der Waals surface area contributed by atoms with Crippen molar-refractivity contribution in [2.24, 2.45) is 0 Å². The third-order valence-electron chi connectivity index (χ3n) is 2.26. The second-order valence-corrected chi connectivity index (χ2v) is 3.99. The third-order valence-corrected chi connectivity index (χ3v) is 2.95. The fourth-order valence-corrected chi connectivity index (χ4v) is 2.01. The van der Waals surface area contributed by atoms with Crippen LogP contribution in [0.1, 0.15) is 12.5 Å². The lowest BCUT2D eigenvalue weighted by atomic mass is 10.1. The molecule has 2 nitrogen and oxygen atoms in total. The lowest BCUT2D eigenvalue weighted by Gasteiger charge is -2.04. The molecule has 0 N–H and O–H groups in total. The number of hydrogen-bond donors (Lipinski definition) is 0. The Morgan fingerprint density at radius 3 is 2.73 bits per heavy atom. The summed E-state index contributed by atoms with van der Waals surface area (Å²) in [6, 6.07) is 8.05. The van der Waals surface area contributed by atoms with Crippen molar-refractivity contribution in [1.82, 2.24) is 9.97 Å². The molecular formula is C12H11BrN2. The first kappa shape index (κ1) is 10.3. The maximum atomic E-state index is 4.49. The van der Waals surface area contributed by atoms with Crippen LogP contribution in [0.3, 0.4) is 0 Å². The van der Waals surface area contributed by atoms with Crippen molar-refractivity contribution in [3.63, 3.8) is 0 Å². The van der Waals surface area contributed by atoms with Crippen molar-refractivity contribution in [1.29, 1.82) is 0 Å². The van der Waals surface area contributed by atoms with Gasteiger partial charge in [0.25, 0.3) is 0 Å². The number of aryl methyl sites for hydroxylation is 1. The van der Waals surface area contributed by atoms with E-state index < -0.39 is 0 Å². The van der Waals surface area contributed by atoms with E-state index in [0.29, 0.717) is 0 Å². The van der Waals surface area contributed by atoms with E-state index in [1.54, 1.807) is 6.20 Å². The van der Waals surface area contributed by atoms with Crippen LogP contribution < -0.4 is 0 Å². The molecule has 2 rings (SSSR count). The van der Waals surface area contributed by atoms with Gasteiger partial charge in [-0.3, -0.25) is 4.98 Å². The Morgan fingerprint density at radius 2 is 2.13 bits per heavy atom. The first-order chi connectivity index (χ1) is 7.31. The van der Waals surface area contributed by atoms with Gasteiger partial charge < -0.3 is 0 Å². The number of halogens is 1. The standard InChI is InChI=1S/C12H11BrN2/c1-2-9-5-6-11(15-12(9)13)10-4-3-7-14-8-10/h3-8H,2H2,1H3. The fourth-order valence-electron chi connectivity index (χ4n) is 1.40. The van der Waals surface area contributed by atoms with Gasteiger partial charge in [-0.05, 0) is 46.1 Å². The first-order valence-electron chi connectivity index (χ1n) is 4.87. The first-order valence-corrected chi connectivity index (χ1v) is 5.66. The Kier molecular flexibility index (Phi) is 3.11. The average Bonchev–Trinajstić information content (AvgIpc) is 2.30. The van der Waals surface area contributed by atoms with Crippen molar-refractivity contribution in [3.05, 3.63) is 46.8 Å². The molecule has 0 saturated carbocycles. The number of hydrogen-bond acceptors (Lipinski definition) is 2. The summed E-state index contributed by atoms with van der Waals surface area (Å²) in [6.07, 6.45) is 4.57. The highest BCUT2D eigenvalue weighted by atomic mass is 79.9. The van der Waals surface area contributed by atoms with Gasteiger partial charge in [-0.2, -0.15) is 0 Å². The van der Waals surface area contributed by atoms with Crippen LogP contribution in [0.4, 0.5) is 0 Å². The van der Waals surface area contributed by atoms with Crippen LogP contribution in [-0.4, -0.2) is 9.97 Å². The maximum Gasteiger partial charge on any atom is 0.109 e. The van der Waals surface area contributed by atoms with Gasteiger partial charge in [-0.1, -0.05) is 13.0 Å². The lowest BCUT2D eigenvalue weighted by molar-refractivity contribution is 1.08. The summed E-state index contributed by atoms with van der Waals surface area (Å²) in [5.74, 6) is 0. The normalized spacial score (nSPS) is 10.3. The van der Waals surface area contributed by atoms with Gasteiger partial charge in [-0.25, -0.2) is 4.98 Å². The van der Waals surface area contributed by atoms with E-state index in [1.807, 2.05) is 24.4 Å². The molecule has 0 amide bonds. The molecule has 2 aromatic rings. The summed E-state index contributed by atoms with van der Waals surface area (Å²) in [6.45, 7) is 2.12. The van der Waals surface area contributed by atoms with E-state index >= 15 is 0 Å². The van der Waals surface area contributed by atoms with E-state index in [0.717, 1.165) is 22.3 Å². The molecule has 2 heterocycles. The molecule has 0 aliphatic rings. The molecule has 0 radical (unpaired) electrons. The molecule has 0 bridgehead atoms.